The maximum Gasteiger partial charge on any atom is 0.139 e. The van der Waals surface area contributed by atoms with Crippen LogP contribution >= 0.6 is 0 Å². The summed E-state index contributed by atoms with van der Waals surface area (Å²) in [6.07, 6.45) is 2.21. The number of aliphatic hydroxyl groups excluding tert-OH is 1. The van der Waals surface area contributed by atoms with E-state index in [4.69, 9.17) is 0 Å². The molecular formula is C13H22O2. The zero-order chi connectivity index (χ0) is 11.2. The van der Waals surface area contributed by atoms with Gasteiger partial charge in [0.05, 0.1) is 0 Å². The van der Waals surface area contributed by atoms with E-state index >= 15 is 0 Å². The van der Waals surface area contributed by atoms with Crippen molar-refractivity contribution in [3.05, 3.63) is 0 Å². The highest BCUT2D eigenvalue weighted by Crippen LogP contribution is 2.49. The number of carbonyl (C=O) groups excluding carboxylic acids is 1. The predicted molar refractivity (Wildman–Crippen MR) is 59.3 cm³/mol. The summed E-state index contributed by atoms with van der Waals surface area (Å²) in [5, 5.41) is 9.39. The molecule has 0 aromatic heterocycles. The smallest absolute Gasteiger partial charge is 0.139 e. The van der Waals surface area contributed by atoms with Gasteiger partial charge in [-0.25, -0.2) is 0 Å². The fourth-order valence-electron chi connectivity index (χ4n) is 3.99. The van der Waals surface area contributed by atoms with Crippen LogP contribution in [0, 0.1) is 35.5 Å². The average Bonchev–Trinajstić information content (AvgIpc) is 2.43. The molecule has 2 saturated carbocycles. The van der Waals surface area contributed by atoms with E-state index in [1.54, 1.807) is 0 Å². The molecule has 2 nitrogen and oxygen atoms in total. The highest BCUT2D eigenvalue weighted by Gasteiger charge is 2.49. The average molecular weight is 210 g/mol. The fourth-order valence-corrected chi connectivity index (χ4v) is 3.99. The highest BCUT2D eigenvalue weighted by molar-refractivity contribution is 5.86. The second-order valence-corrected chi connectivity index (χ2v) is 5.74. The molecule has 6 atom stereocenters. The molecule has 2 aliphatic rings. The van der Waals surface area contributed by atoms with Crippen molar-refractivity contribution >= 4 is 5.78 Å². The van der Waals surface area contributed by atoms with E-state index in [1.165, 1.54) is 0 Å². The molecule has 0 radical (unpaired) electrons. The third kappa shape index (κ3) is 1.63. The van der Waals surface area contributed by atoms with Crippen LogP contribution in [0.4, 0.5) is 0 Å². The van der Waals surface area contributed by atoms with E-state index < -0.39 is 0 Å². The van der Waals surface area contributed by atoms with Gasteiger partial charge >= 0.3 is 0 Å². The molecule has 2 heteroatoms. The molecule has 0 spiro atoms. The second-order valence-electron chi connectivity index (χ2n) is 5.74. The SMILES string of the molecule is CC1CC2C[C@@H](C)C(=O)C2C(C)C1CO. The molecule has 5 unspecified atom stereocenters. The van der Waals surface area contributed by atoms with Crippen LogP contribution in [0.25, 0.3) is 0 Å². The Bertz CT molecular complexity index is 261. The van der Waals surface area contributed by atoms with Crippen molar-refractivity contribution in [3.63, 3.8) is 0 Å². The van der Waals surface area contributed by atoms with E-state index in [0.717, 1.165) is 12.8 Å². The van der Waals surface area contributed by atoms with E-state index in [0.29, 0.717) is 29.5 Å². The van der Waals surface area contributed by atoms with Crippen LogP contribution in [0.15, 0.2) is 0 Å². The molecule has 86 valence electrons. The molecular weight excluding hydrogens is 188 g/mol. The zero-order valence-corrected chi connectivity index (χ0v) is 9.94. The molecule has 2 fully saturated rings. The molecule has 0 saturated heterocycles. The van der Waals surface area contributed by atoms with E-state index in [2.05, 4.69) is 20.8 Å². The Balaban J connectivity index is 2.21. The number of aliphatic hydroxyl groups is 1. The largest absolute Gasteiger partial charge is 0.396 e. The van der Waals surface area contributed by atoms with Crippen molar-refractivity contribution in [3.8, 4) is 0 Å². The third-order valence-corrected chi connectivity index (χ3v) is 4.84. The Hall–Kier alpha value is -0.370. The third-order valence-electron chi connectivity index (χ3n) is 4.84. The lowest BCUT2D eigenvalue weighted by molar-refractivity contribution is -0.128. The van der Waals surface area contributed by atoms with Gasteiger partial charge in [-0.2, -0.15) is 0 Å². The van der Waals surface area contributed by atoms with Gasteiger partial charge in [0.2, 0.25) is 0 Å². The van der Waals surface area contributed by atoms with E-state index in [-0.39, 0.29) is 18.4 Å². The molecule has 0 amide bonds. The minimum atomic E-state index is 0.243. The van der Waals surface area contributed by atoms with Crippen LogP contribution in [0.1, 0.15) is 33.6 Å². The van der Waals surface area contributed by atoms with Crippen LogP contribution in [0.2, 0.25) is 0 Å². The number of fused-ring (bicyclic) bond motifs is 1. The summed E-state index contributed by atoms with van der Waals surface area (Å²) in [4.78, 5) is 12.0. The number of carbonyl (C=O) groups is 1. The van der Waals surface area contributed by atoms with Gasteiger partial charge in [-0.05, 0) is 36.5 Å². The van der Waals surface area contributed by atoms with Crippen LogP contribution in [-0.4, -0.2) is 17.5 Å². The van der Waals surface area contributed by atoms with Gasteiger partial charge in [-0.3, -0.25) is 4.79 Å². The predicted octanol–water partition coefficient (Wildman–Crippen LogP) is 2.11. The standard InChI is InChI=1S/C13H22O2/c1-7-4-10-5-8(2)13(15)12(10)9(3)11(7)6-14/h7-12,14H,4-6H2,1-3H3/t7?,8-,9?,10?,11?,12?/m1/s1. The van der Waals surface area contributed by atoms with Crippen molar-refractivity contribution < 1.29 is 9.90 Å². The Morgan fingerprint density at radius 3 is 2.53 bits per heavy atom. The Kier molecular flexibility index (Phi) is 2.89. The Morgan fingerprint density at radius 2 is 1.93 bits per heavy atom. The van der Waals surface area contributed by atoms with Crippen LogP contribution < -0.4 is 0 Å². The fraction of sp³-hybridized carbons (Fsp3) is 0.923. The van der Waals surface area contributed by atoms with Crippen LogP contribution in [0.3, 0.4) is 0 Å². The number of rotatable bonds is 1. The van der Waals surface area contributed by atoms with Gasteiger partial charge in [-0.15, -0.1) is 0 Å². The minimum Gasteiger partial charge on any atom is -0.396 e. The summed E-state index contributed by atoms with van der Waals surface area (Å²) >= 11 is 0. The number of ketones is 1. The molecule has 15 heavy (non-hydrogen) atoms. The van der Waals surface area contributed by atoms with Crippen molar-refractivity contribution in [1.29, 1.82) is 0 Å². The summed E-state index contributed by atoms with van der Waals surface area (Å²) in [5.74, 6) is 2.84. The normalized spacial score (nSPS) is 50.5. The lowest BCUT2D eigenvalue weighted by Gasteiger charge is -2.40. The maximum atomic E-state index is 12.0. The lowest BCUT2D eigenvalue weighted by Crippen LogP contribution is -2.40. The molecule has 0 aliphatic heterocycles. The molecule has 0 bridgehead atoms. The van der Waals surface area contributed by atoms with Crippen molar-refractivity contribution in [2.45, 2.75) is 33.6 Å². The van der Waals surface area contributed by atoms with Crippen molar-refractivity contribution in [2.24, 2.45) is 35.5 Å². The number of hydrogen-bond acceptors (Lipinski definition) is 2. The van der Waals surface area contributed by atoms with Gasteiger partial charge in [0, 0.05) is 18.4 Å². The van der Waals surface area contributed by atoms with Gasteiger partial charge in [0.1, 0.15) is 5.78 Å². The molecule has 2 rings (SSSR count). The van der Waals surface area contributed by atoms with Crippen LogP contribution in [0.5, 0.6) is 0 Å². The lowest BCUT2D eigenvalue weighted by atomic mass is 9.64. The van der Waals surface area contributed by atoms with Gasteiger partial charge in [0.15, 0.2) is 0 Å². The first-order chi connectivity index (χ1) is 7.06. The number of hydrogen-bond donors (Lipinski definition) is 1. The first-order valence-electron chi connectivity index (χ1n) is 6.20. The van der Waals surface area contributed by atoms with E-state index in [9.17, 15) is 9.90 Å². The Labute approximate surface area is 92.1 Å². The minimum absolute atomic E-state index is 0.243. The molecule has 0 aromatic rings. The summed E-state index contributed by atoms with van der Waals surface area (Å²) in [5.41, 5.74) is 0. The van der Waals surface area contributed by atoms with Gasteiger partial charge < -0.3 is 5.11 Å². The number of Topliss-reactive ketones (excluding diaryl/α,β-unsaturated/α-hetero) is 1. The summed E-state index contributed by atoms with van der Waals surface area (Å²) in [7, 11) is 0. The monoisotopic (exact) mass is 210 g/mol. The van der Waals surface area contributed by atoms with Gasteiger partial charge in [0.25, 0.3) is 0 Å². The first kappa shape index (κ1) is 11.1. The second kappa shape index (κ2) is 3.89. The Morgan fingerprint density at radius 1 is 1.27 bits per heavy atom. The zero-order valence-electron chi connectivity index (χ0n) is 9.94. The molecule has 0 heterocycles. The molecule has 2 aliphatic carbocycles. The molecule has 1 N–H and O–H groups in total. The van der Waals surface area contributed by atoms with Crippen LogP contribution in [-0.2, 0) is 4.79 Å². The molecule has 0 aromatic carbocycles. The first-order valence-corrected chi connectivity index (χ1v) is 6.20. The van der Waals surface area contributed by atoms with Gasteiger partial charge in [-0.1, -0.05) is 20.8 Å². The maximum absolute atomic E-state index is 12.0. The topological polar surface area (TPSA) is 37.3 Å². The quantitative estimate of drug-likeness (QED) is 0.719. The van der Waals surface area contributed by atoms with Crippen molar-refractivity contribution in [1.82, 2.24) is 0 Å². The van der Waals surface area contributed by atoms with E-state index in [1.807, 2.05) is 0 Å². The van der Waals surface area contributed by atoms with Crippen molar-refractivity contribution in [2.75, 3.05) is 6.61 Å². The summed E-state index contributed by atoms with van der Waals surface area (Å²) < 4.78 is 0. The highest BCUT2D eigenvalue weighted by atomic mass is 16.3. The summed E-state index contributed by atoms with van der Waals surface area (Å²) in [6.45, 7) is 6.68. The summed E-state index contributed by atoms with van der Waals surface area (Å²) in [6, 6.07) is 0.